The van der Waals surface area contributed by atoms with E-state index in [9.17, 15) is 4.79 Å². The van der Waals surface area contributed by atoms with E-state index < -0.39 is 0 Å². The lowest BCUT2D eigenvalue weighted by molar-refractivity contribution is 0.262. The van der Waals surface area contributed by atoms with Gasteiger partial charge in [0.05, 0.1) is 15.4 Å². The van der Waals surface area contributed by atoms with Crippen LogP contribution in [0.1, 0.15) is 0 Å². The first-order chi connectivity index (χ1) is 13.9. The van der Waals surface area contributed by atoms with Crippen molar-refractivity contribution in [2.45, 2.75) is 0 Å². The summed E-state index contributed by atoms with van der Waals surface area (Å²) < 4.78 is 1.65. The summed E-state index contributed by atoms with van der Waals surface area (Å²) in [5.74, 6) is 0.425. The Morgan fingerprint density at radius 1 is 1.00 bits per heavy atom. The number of carbonyl (C=O) groups is 1. The summed E-state index contributed by atoms with van der Waals surface area (Å²) in [6.45, 7) is 0. The van der Waals surface area contributed by atoms with Crippen molar-refractivity contribution in [2.24, 2.45) is 7.05 Å². The van der Waals surface area contributed by atoms with Crippen molar-refractivity contribution < 1.29 is 4.79 Å². The van der Waals surface area contributed by atoms with Crippen LogP contribution in [0.2, 0.25) is 10.0 Å². The predicted octanol–water partition coefficient (Wildman–Crippen LogP) is 5.17. The molecule has 0 aliphatic carbocycles. The van der Waals surface area contributed by atoms with Crippen molar-refractivity contribution in [3.63, 3.8) is 0 Å². The Morgan fingerprint density at radius 2 is 1.69 bits per heavy atom. The second-order valence-corrected chi connectivity index (χ2v) is 7.17. The number of benzene rings is 2. The van der Waals surface area contributed by atoms with E-state index >= 15 is 0 Å². The number of carbonyl (C=O) groups excluding carboxylic acids is 1. The third-order valence-electron chi connectivity index (χ3n) is 4.38. The Balaban J connectivity index is 1.52. The molecule has 0 spiro atoms. The number of urea groups is 1. The molecule has 2 aromatic carbocycles. The molecule has 4 aromatic rings. The number of aryl methyl sites for hydroxylation is 1. The maximum Gasteiger partial charge on any atom is 0.323 e. The molecule has 0 aliphatic heterocycles. The van der Waals surface area contributed by atoms with Gasteiger partial charge in [0.2, 0.25) is 0 Å². The van der Waals surface area contributed by atoms with E-state index in [1.54, 1.807) is 36.1 Å². The maximum absolute atomic E-state index is 12.2. The van der Waals surface area contributed by atoms with Crippen molar-refractivity contribution in [3.05, 3.63) is 64.8 Å². The first-order valence-electron chi connectivity index (χ1n) is 8.63. The SMILES string of the molecule is Cn1nc(N)c2c(-c3ccc(NC(=O)Nc4ccc(Cl)c(Cl)c4)cc3)ccnc21. The van der Waals surface area contributed by atoms with Crippen molar-refractivity contribution in [2.75, 3.05) is 16.4 Å². The molecule has 0 saturated carbocycles. The Kier molecular flexibility index (Phi) is 5.00. The summed E-state index contributed by atoms with van der Waals surface area (Å²) in [5.41, 5.74) is 9.80. The van der Waals surface area contributed by atoms with Crippen molar-refractivity contribution in [1.29, 1.82) is 0 Å². The van der Waals surface area contributed by atoms with E-state index in [2.05, 4.69) is 20.7 Å². The van der Waals surface area contributed by atoms with Crippen LogP contribution in [0.25, 0.3) is 22.2 Å². The van der Waals surface area contributed by atoms with Crippen molar-refractivity contribution in [3.8, 4) is 11.1 Å². The molecule has 0 saturated heterocycles. The first-order valence-corrected chi connectivity index (χ1v) is 9.38. The Bertz CT molecular complexity index is 1220. The molecule has 0 aliphatic rings. The highest BCUT2D eigenvalue weighted by Crippen LogP contribution is 2.31. The Hall–Kier alpha value is -3.29. The second-order valence-electron chi connectivity index (χ2n) is 6.35. The summed E-state index contributed by atoms with van der Waals surface area (Å²) in [6.07, 6.45) is 1.72. The summed E-state index contributed by atoms with van der Waals surface area (Å²) in [4.78, 5) is 16.6. The van der Waals surface area contributed by atoms with Crippen LogP contribution in [0.15, 0.2) is 54.7 Å². The molecule has 0 atom stereocenters. The van der Waals surface area contributed by atoms with E-state index in [1.807, 2.05) is 30.3 Å². The van der Waals surface area contributed by atoms with E-state index in [4.69, 9.17) is 28.9 Å². The van der Waals surface area contributed by atoms with E-state index in [-0.39, 0.29) is 6.03 Å². The number of anilines is 3. The molecule has 2 aromatic heterocycles. The number of halogens is 2. The molecule has 7 nitrogen and oxygen atoms in total. The molecular formula is C20H16Cl2N6O. The van der Waals surface area contributed by atoms with E-state index in [1.165, 1.54) is 0 Å². The third kappa shape index (κ3) is 3.83. The highest BCUT2D eigenvalue weighted by Gasteiger charge is 2.13. The van der Waals surface area contributed by atoms with Gasteiger partial charge in [-0.2, -0.15) is 5.10 Å². The molecule has 2 amide bonds. The number of nitrogen functional groups attached to an aromatic ring is 1. The fourth-order valence-corrected chi connectivity index (χ4v) is 3.35. The maximum atomic E-state index is 12.2. The summed E-state index contributed by atoms with van der Waals surface area (Å²) in [6, 6.07) is 13.8. The highest BCUT2D eigenvalue weighted by atomic mass is 35.5. The van der Waals surface area contributed by atoms with E-state index in [0.717, 1.165) is 16.5 Å². The van der Waals surface area contributed by atoms with Gasteiger partial charge in [-0.15, -0.1) is 0 Å². The molecule has 0 radical (unpaired) electrons. The minimum atomic E-state index is -0.390. The highest BCUT2D eigenvalue weighted by molar-refractivity contribution is 6.42. The second kappa shape index (κ2) is 7.62. The lowest BCUT2D eigenvalue weighted by atomic mass is 10.0. The molecule has 29 heavy (non-hydrogen) atoms. The van der Waals surface area contributed by atoms with Crippen LogP contribution in [-0.2, 0) is 7.05 Å². The van der Waals surface area contributed by atoms with Gasteiger partial charge >= 0.3 is 6.03 Å². The zero-order valence-electron chi connectivity index (χ0n) is 15.3. The average molecular weight is 427 g/mol. The smallest absolute Gasteiger partial charge is 0.323 e. The number of rotatable bonds is 3. The lowest BCUT2D eigenvalue weighted by Gasteiger charge is -2.10. The van der Waals surface area contributed by atoms with Gasteiger partial charge in [0, 0.05) is 24.6 Å². The normalized spacial score (nSPS) is 10.9. The molecule has 9 heteroatoms. The van der Waals surface area contributed by atoms with Crippen LogP contribution in [0, 0.1) is 0 Å². The standard InChI is InChI=1S/C20H16Cl2N6O/c1-28-19-17(18(23)27-28)14(8-9-24-19)11-2-4-12(5-3-11)25-20(29)26-13-6-7-15(21)16(22)10-13/h2-10H,1H3,(H2,23,27)(H2,25,26,29). The monoisotopic (exact) mass is 426 g/mol. The number of hydrogen-bond donors (Lipinski definition) is 3. The van der Waals surface area contributed by atoms with Crippen molar-refractivity contribution in [1.82, 2.24) is 14.8 Å². The molecule has 0 fully saturated rings. The number of fused-ring (bicyclic) bond motifs is 1. The van der Waals surface area contributed by atoms with Gasteiger partial charge in [0.1, 0.15) is 0 Å². The third-order valence-corrected chi connectivity index (χ3v) is 5.12. The summed E-state index contributed by atoms with van der Waals surface area (Å²) in [5, 5.41) is 11.3. The number of nitrogens with two attached hydrogens (primary N) is 1. The Morgan fingerprint density at radius 3 is 2.41 bits per heavy atom. The van der Waals surface area contributed by atoms with E-state index in [0.29, 0.717) is 32.9 Å². The summed E-state index contributed by atoms with van der Waals surface area (Å²) >= 11 is 11.8. The molecule has 4 N–H and O–H groups in total. The lowest BCUT2D eigenvalue weighted by Crippen LogP contribution is -2.19. The molecule has 4 rings (SSSR count). The fraction of sp³-hybridized carbons (Fsp3) is 0.0500. The van der Waals surface area contributed by atoms with Gasteiger partial charge in [-0.25, -0.2) is 14.5 Å². The number of nitrogens with zero attached hydrogens (tertiary/aromatic N) is 3. The van der Waals surface area contributed by atoms with Gasteiger partial charge in [-0.05, 0) is 47.5 Å². The summed E-state index contributed by atoms with van der Waals surface area (Å²) in [7, 11) is 1.80. The number of pyridine rings is 1. The number of amides is 2. The van der Waals surface area contributed by atoms with Gasteiger partial charge in [0.15, 0.2) is 11.5 Å². The minimum Gasteiger partial charge on any atom is -0.382 e. The zero-order valence-corrected chi connectivity index (χ0v) is 16.8. The number of aromatic nitrogens is 3. The quantitative estimate of drug-likeness (QED) is 0.420. The van der Waals surface area contributed by atoms with Gasteiger partial charge in [0.25, 0.3) is 0 Å². The molecule has 2 heterocycles. The number of hydrogen-bond acceptors (Lipinski definition) is 4. The molecule has 0 unspecified atom stereocenters. The molecular weight excluding hydrogens is 411 g/mol. The topological polar surface area (TPSA) is 97.9 Å². The minimum absolute atomic E-state index is 0.368. The predicted molar refractivity (Wildman–Crippen MR) is 117 cm³/mol. The average Bonchev–Trinajstić information content (AvgIpc) is 2.99. The zero-order chi connectivity index (χ0) is 20.5. The van der Waals surface area contributed by atoms with Gasteiger partial charge < -0.3 is 16.4 Å². The first kappa shape index (κ1) is 19.0. The van der Waals surface area contributed by atoms with Crippen LogP contribution in [0.4, 0.5) is 22.0 Å². The molecule has 146 valence electrons. The largest absolute Gasteiger partial charge is 0.382 e. The van der Waals surface area contributed by atoms with Gasteiger partial charge in [-0.3, -0.25) is 0 Å². The van der Waals surface area contributed by atoms with Crippen LogP contribution in [0.3, 0.4) is 0 Å². The van der Waals surface area contributed by atoms with Gasteiger partial charge in [-0.1, -0.05) is 35.3 Å². The fourth-order valence-electron chi connectivity index (χ4n) is 3.05. The van der Waals surface area contributed by atoms with Crippen LogP contribution in [-0.4, -0.2) is 20.8 Å². The van der Waals surface area contributed by atoms with Crippen LogP contribution >= 0.6 is 23.2 Å². The Labute approximate surface area is 176 Å². The van der Waals surface area contributed by atoms with Crippen LogP contribution in [0.5, 0.6) is 0 Å². The van der Waals surface area contributed by atoms with Crippen molar-refractivity contribution >= 4 is 57.5 Å². The molecule has 0 bridgehead atoms. The number of nitrogens with one attached hydrogen (secondary N) is 2. The van der Waals surface area contributed by atoms with Crippen LogP contribution < -0.4 is 16.4 Å².